The van der Waals surface area contributed by atoms with Gasteiger partial charge in [0.15, 0.2) is 11.6 Å². The molecule has 0 unspecified atom stereocenters. The molecule has 0 amide bonds. The zero-order valence-corrected chi connectivity index (χ0v) is 17.4. The largest absolute Gasteiger partial charge is 0.542 e. The summed E-state index contributed by atoms with van der Waals surface area (Å²) in [4.78, 5) is 9.67. The van der Waals surface area contributed by atoms with Gasteiger partial charge in [0, 0.05) is 23.1 Å². The number of ether oxygens (including phenoxy) is 2. The van der Waals surface area contributed by atoms with Gasteiger partial charge in [-0.15, -0.1) is 11.3 Å². The highest BCUT2D eigenvalue weighted by Gasteiger charge is 2.29. The molecule has 1 aromatic carbocycles. The number of hydrogen-bond donors (Lipinski definition) is 2. The molecule has 6 nitrogen and oxygen atoms in total. The maximum Gasteiger partial charge on any atom is 0.430 e. The zero-order valence-electron chi connectivity index (χ0n) is 16.6. The van der Waals surface area contributed by atoms with Gasteiger partial charge in [-0.05, 0) is 19.4 Å². The van der Waals surface area contributed by atoms with Gasteiger partial charge in [0.25, 0.3) is 0 Å². The number of hydrogen-bond acceptors (Lipinski definition) is 5. The minimum atomic E-state index is -5.19. The third kappa shape index (κ3) is 6.41. The summed E-state index contributed by atoms with van der Waals surface area (Å²) in [7, 11) is 0. The van der Waals surface area contributed by atoms with E-state index in [9.17, 15) is 22.0 Å². The summed E-state index contributed by atoms with van der Waals surface area (Å²) in [6.07, 6.45) is -3.86. The number of aryl methyl sites for hydroxylation is 2. The highest BCUT2D eigenvalue weighted by Crippen LogP contribution is 2.44. The number of carboxylic acids is 1. The van der Waals surface area contributed by atoms with Crippen LogP contribution in [-0.4, -0.2) is 38.4 Å². The van der Waals surface area contributed by atoms with Crippen molar-refractivity contribution in [1.82, 2.24) is 0 Å². The predicted octanol–water partition coefficient (Wildman–Crippen LogP) is 1.12. The van der Waals surface area contributed by atoms with Crippen molar-refractivity contribution < 1.29 is 52.8 Å². The monoisotopic (exact) mass is 459 g/mol. The Balaban J connectivity index is 0.000000553. The van der Waals surface area contributed by atoms with E-state index in [4.69, 9.17) is 19.4 Å². The first-order valence-electron chi connectivity index (χ1n) is 9.00. The molecule has 30 heavy (non-hydrogen) atoms. The molecule has 2 rings (SSSR count). The van der Waals surface area contributed by atoms with Crippen LogP contribution in [0.5, 0.6) is 11.5 Å². The Kier molecular flexibility index (Phi) is 9.72. The maximum absolute atomic E-state index is 14.9. The van der Waals surface area contributed by atoms with Crippen molar-refractivity contribution in [2.24, 2.45) is 0 Å². The second-order valence-corrected chi connectivity index (χ2v) is 7.39. The number of rotatable bonds is 8. The number of halogens is 5. The van der Waals surface area contributed by atoms with Crippen LogP contribution in [0.25, 0.3) is 10.1 Å². The maximum atomic E-state index is 14.9. The van der Waals surface area contributed by atoms with Crippen LogP contribution in [0.15, 0.2) is 0 Å². The molecule has 0 spiro atoms. The number of fused-ring (bicyclic) bond motifs is 1. The number of aliphatic carboxylic acids is 1. The van der Waals surface area contributed by atoms with Gasteiger partial charge in [-0.2, -0.15) is 13.2 Å². The average Bonchev–Trinajstić information content (AvgIpc) is 2.96. The minimum Gasteiger partial charge on any atom is -0.542 e. The number of alkyl halides is 3. The van der Waals surface area contributed by atoms with E-state index in [1.54, 1.807) is 6.92 Å². The molecule has 1 heterocycles. The molecule has 6 N–H and O–H groups in total. The Morgan fingerprint density at radius 3 is 1.83 bits per heavy atom. The first-order valence-corrected chi connectivity index (χ1v) is 9.81. The van der Waals surface area contributed by atoms with E-state index in [1.165, 1.54) is 11.3 Å². The molecule has 0 aliphatic rings. The van der Waals surface area contributed by atoms with Crippen molar-refractivity contribution in [1.29, 1.82) is 0 Å². The average molecular weight is 459 g/mol. The Morgan fingerprint density at radius 1 is 1.00 bits per heavy atom. The van der Waals surface area contributed by atoms with Crippen LogP contribution >= 0.6 is 11.3 Å². The van der Waals surface area contributed by atoms with Crippen LogP contribution in [0.3, 0.4) is 0 Å². The van der Waals surface area contributed by atoms with E-state index in [0.29, 0.717) is 31.3 Å². The van der Waals surface area contributed by atoms with E-state index < -0.39 is 23.8 Å². The summed E-state index contributed by atoms with van der Waals surface area (Å²) in [5.74, 6) is -4.36. The van der Waals surface area contributed by atoms with Crippen molar-refractivity contribution in [2.45, 2.75) is 32.9 Å². The van der Waals surface area contributed by atoms with Gasteiger partial charge >= 0.3 is 6.18 Å². The number of carbonyl (C=O) groups excluding carboxylic acids is 1. The van der Waals surface area contributed by atoms with E-state index in [-0.39, 0.29) is 29.4 Å². The zero-order chi connectivity index (χ0) is 23.1. The molecule has 0 saturated heterocycles. The van der Waals surface area contributed by atoms with Crippen LogP contribution in [0.1, 0.15) is 23.3 Å². The fourth-order valence-corrected chi connectivity index (χ4v) is 3.36. The van der Waals surface area contributed by atoms with E-state index >= 15 is 0 Å². The van der Waals surface area contributed by atoms with Gasteiger partial charge < -0.3 is 30.8 Å². The van der Waals surface area contributed by atoms with Crippen LogP contribution in [-0.2, 0) is 4.79 Å². The molecule has 2 aromatic rings. The Bertz CT molecular complexity index is 871. The van der Waals surface area contributed by atoms with Gasteiger partial charge in [-0.3, -0.25) is 0 Å². The van der Waals surface area contributed by atoms with Gasteiger partial charge in [0.2, 0.25) is 11.5 Å². The number of carboxylic acid groups (broad SMARTS) is 1. The fourth-order valence-electron chi connectivity index (χ4n) is 2.27. The molecule has 0 saturated carbocycles. The number of carbonyl (C=O) groups is 1. The summed E-state index contributed by atoms with van der Waals surface area (Å²) in [6.45, 7) is 5.53. The molecule has 0 aliphatic heterocycles. The molecule has 0 bridgehead atoms. The summed E-state index contributed by atoms with van der Waals surface area (Å²) in [5, 5.41) is 9.08. The summed E-state index contributed by atoms with van der Waals surface area (Å²) in [5.41, 5.74) is 8.19. The van der Waals surface area contributed by atoms with Crippen LogP contribution in [0.4, 0.5) is 22.0 Å². The van der Waals surface area contributed by atoms with Crippen molar-refractivity contribution in [2.75, 3.05) is 26.3 Å². The SMILES string of the molecule is Cc1sc2c(F)c(OCCC[NH3+])c(OCCC[NH3+])c(F)c2c1C.O=C([O-])C(F)(F)F. The molecule has 12 heteroatoms. The number of benzene rings is 1. The highest BCUT2D eigenvalue weighted by molar-refractivity contribution is 7.19. The highest BCUT2D eigenvalue weighted by atomic mass is 32.1. The molecular formula is C18H24F5N2O4S+. The lowest BCUT2D eigenvalue weighted by Crippen LogP contribution is -2.50. The van der Waals surface area contributed by atoms with Gasteiger partial charge in [-0.25, -0.2) is 8.78 Å². The van der Waals surface area contributed by atoms with Crippen molar-refractivity contribution >= 4 is 27.4 Å². The molecule has 170 valence electrons. The Labute approximate surface area is 173 Å². The normalized spacial score (nSPS) is 11.2. The van der Waals surface area contributed by atoms with Crippen molar-refractivity contribution in [3.63, 3.8) is 0 Å². The summed E-state index contributed by atoms with van der Waals surface area (Å²) in [6, 6.07) is 0. The van der Waals surface area contributed by atoms with Gasteiger partial charge in [-0.1, -0.05) is 0 Å². The summed E-state index contributed by atoms with van der Waals surface area (Å²) < 4.78 is 72.6. The topological polar surface area (TPSA) is 114 Å². The lowest BCUT2D eigenvalue weighted by Gasteiger charge is -2.15. The summed E-state index contributed by atoms with van der Waals surface area (Å²) >= 11 is 1.24. The Hall–Kier alpha value is -2.18. The second-order valence-electron chi connectivity index (χ2n) is 6.17. The van der Waals surface area contributed by atoms with Gasteiger partial charge in [0.05, 0.1) is 31.0 Å². The first kappa shape index (κ1) is 25.9. The second kappa shape index (κ2) is 11.3. The first-order chi connectivity index (χ1) is 14.0. The van der Waals surface area contributed by atoms with E-state index in [2.05, 4.69) is 11.5 Å². The van der Waals surface area contributed by atoms with Crippen molar-refractivity contribution in [3.8, 4) is 11.5 Å². The lowest BCUT2D eigenvalue weighted by atomic mass is 10.1. The molecule has 0 atom stereocenters. The number of thiophene rings is 1. The predicted molar refractivity (Wildman–Crippen MR) is 98.0 cm³/mol. The van der Waals surface area contributed by atoms with Crippen LogP contribution in [0, 0.1) is 25.5 Å². The van der Waals surface area contributed by atoms with E-state index in [0.717, 1.165) is 10.4 Å². The standard InChI is InChI=1S/C16H22F2N2O2S.C2HF3O2/c1-9-10(2)23-16-11(9)12(17)14(21-7-3-5-19)15(13(16)18)22-8-4-6-20;3-2(4,5)1(6)7/h3-8,19-20H2,1-2H3;(H,6,7)/p+1. The molecule has 0 aliphatic carbocycles. The third-order valence-electron chi connectivity index (χ3n) is 3.92. The van der Waals surface area contributed by atoms with E-state index in [1.807, 2.05) is 6.92 Å². The minimum absolute atomic E-state index is 0.131. The van der Waals surface area contributed by atoms with Crippen LogP contribution in [0.2, 0.25) is 0 Å². The van der Waals surface area contributed by atoms with Crippen LogP contribution < -0.4 is 26.0 Å². The molecular weight excluding hydrogens is 435 g/mol. The Morgan fingerprint density at radius 2 is 1.43 bits per heavy atom. The number of quaternary nitrogens is 2. The third-order valence-corrected chi connectivity index (χ3v) is 5.12. The van der Waals surface area contributed by atoms with Gasteiger partial charge in [0.1, 0.15) is 5.97 Å². The van der Waals surface area contributed by atoms with Crippen molar-refractivity contribution in [3.05, 3.63) is 22.1 Å². The smallest absolute Gasteiger partial charge is 0.430 e. The quantitative estimate of drug-likeness (QED) is 0.455. The fraction of sp³-hybridized carbons (Fsp3) is 0.500. The molecule has 1 aromatic heterocycles. The lowest BCUT2D eigenvalue weighted by molar-refractivity contribution is -0.369. The molecule has 0 fully saturated rings. The molecule has 0 radical (unpaired) electrons.